The predicted molar refractivity (Wildman–Crippen MR) is 157 cm³/mol. The number of halogens is 1. The lowest BCUT2D eigenvalue weighted by atomic mass is 9.80. The number of anilines is 2. The molecule has 14 nitrogen and oxygen atoms in total. The van der Waals surface area contributed by atoms with Gasteiger partial charge in [-0.15, -0.1) is 11.3 Å². The van der Waals surface area contributed by atoms with E-state index in [1.165, 1.54) is 18.4 Å². The molecule has 44 heavy (non-hydrogen) atoms. The van der Waals surface area contributed by atoms with Gasteiger partial charge in [-0.2, -0.15) is 25.2 Å². The average Bonchev–Trinajstić information content (AvgIpc) is 3.67. The Morgan fingerprint density at radius 3 is 2.82 bits per heavy atom. The molecular weight excluding hydrogens is 593 g/mol. The largest absolute Gasteiger partial charge is 0.459 e. The van der Waals surface area contributed by atoms with Crippen LogP contribution in [0.2, 0.25) is 0 Å². The van der Waals surface area contributed by atoms with Gasteiger partial charge in [-0.25, -0.2) is 4.39 Å². The van der Waals surface area contributed by atoms with E-state index in [0.29, 0.717) is 48.7 Å². The van der Waals surface area contributed by atoms with Gasteiger partial charge in [-0.05, 0) is 46.6 Å². The number of nitrogens with two attached hydrogens (primary N) is 1. The van der Waals surface area contributed by atoms with Crippen molar-refractivity contribution in [3.63, 3.8) is 0 Å². The molecule has 2 aliphatic heterocycles. The van der Waals surface area contributed by atoms with Gasteiger partial charge in [0, 0.05) is 36.7 Å². The maximum atomic E-state index is 14.1. The number of β-amino-alcohol motifs (C(OH)–C–C–N with tert-alkyl or cyclic N) is 1. The first-order valence-electron chi connectivity index (χ1n) is 14.6. The molecule has 0 unspecified atom stereocenters. The molecule has 3 aromatic heterocycles. The number of aryl methyl sites for hydroxylation is 1. The van der Waals surface area contributed by atoms with Crippen LogP contribution in [0.15, 0.2) is 4.52 Å². The molecule has 0 aromatic carbocycles. The second-order valence-electron chi connectivity index (χ2n) is 11.9. The van der Waals surface area contributed by atoms with Crippen molar-refractivity contribution in [3.8, 4) is 23.7 Å². The summed E-state index contributed by atoms with van der Waals surface area (Å²) in [4.78, 5) is 23.1. The molecule has 3 N–H and O–H groups in total. The number of rotatable bonds is 7. The molecule has 0 radical (unpaired) electrons. The third kappa shape index (κ3) is 5.58. The lowest BCUT2D eigenvalue weighted by Crippen LogP contribution is -2.42. The van der Waals surface area contributed by atoms with E-state index in [0.717, 1.165) is 17.7 Å². The second-order valence-corrected chi connectivity index (χ2v) is 13.1. The highest BCUT2D eigenvalue weighted by atomic mass is 32.1. The van der Waals surface area contributed by atoms with Crippen molar-refractivity contribution < 1.29 is 28.2 Å². The molecule has 0 spiro atoms. The average molecular weight is 630 g/mol. The zero-order valence-electron chi connectivity index (χ0n) is 25.1. The zero-order valence-corrected chi connectivity index (χ0v) is 25.9. The minimum atomic E-state index is -1.17. The van der Waals surface area contributed by atoms with Gasteiger partial charge < -0.3 is 34.5 Å². The van der Waals surface area contributed by atoms with Crippen molar-refractivity contribution in [2.24, 2.45) is 0 Å². The number of hydrogen-bond donors (Lipinski definition) is 2. The number of hydrogen-bond acceptors (Lipinski definition) is 15. The first-order chi connectivity index (χ1) is 21.0. The van der Waals surface area contributed by atoms with Gasteiger partial charge in [0.25, 0.3) is 5.89 Å². The number of alkyl halides is 1. The molecular formula is C28H36FN9O5S. The number of aromatic nitrogens is 5. The molecule has 5 heterocycles. The van der Waals surface area contributed by atoms with Crippen LogP contribution in [0.3, 0.4) is 0 Å². The van der Waals surface area contributed by atoms with Gasteiger partial charge in [0.1, 0.15) is 28.9 Å². The van der Waals surface area contributed by atoms with E-state index < -0.39 is 23.5 Å². The summed E-state index contributed by atoms with van der Waals surface area (Å²) in [7, 11) is 3.40. The SMILES string of the molecule is CO[C@]1(c2nc(-c3nc(O[C@@H](C)[C@@H]4C[C@@H](F)CN4C)nc(N4CCOC[C@@](C)(O)C4)n3)no2)CCCc2sc(N)c(C#N)c21. The van der Waals surface area contributed by atoms with Gasteiger partial charge in [0.15, 0.2) is 5.60 Å². The fraction of sp³-hybridized carbons (Fsp3) is 0.643. The minimum absolute atomic E-state index is 0.00292. The third-order valence-electron chi connectivity index (χ3n) is 8.50. The number of fused-ring (bicyclic) bond motifs is 1. The Morgan fingerprint density at radius 1 is 1.27 bits per heavy atom. The number of thiophene rings is 1. The third-order valence-corrected chi connectivity index (χ3v) is 9.57. The topological polar surface area (TPSA) is 182 Å². The second kappa shape index (κ2) is 11.8. The van der Waals surface area contributed by atoms with Crippen molar-refractivity contribution in [1.82, 2.24) is 30.0 Å². The lowest BCUT2D eigenvalue weighted by Gasteiger charge is -2.33. The molecule has 6 rings (SSSR count). The number of likely N-dealkylation sites (N-methyl/N-ethyl adjacent to an activating group) is 1. The van der Waals surface area contributed by atoms with Crippen LogP contribution in [0.1, 0.15) is 55.0 Å². The van der Waals surface area contributed by atoms with Gasteiger partial charge >= 0.3 is 6.01 Å². The minimum Gasteiger partial charge on any atom is -0.459 e. The van der Waals surface area contributed by atoms with Crippen LogP contribution in [0.4, 0.5) is 15.3 Å². The molecule has 2 saturated heterocycles. The van der Waals surface area contributed by atoms with Crippen LogP contribution in [0.5, 0.6) is 6.01 Å². The fourth-order valence-electron chi connectivity index (χ4n) is 6.39. The number of methoxy groups -OCH3 is 1. The summed E-state index contributed by atoms with van der Waals surface area (Å²) in [5, 5.41) is 25.3. The van der Waals surface area contributed by atoms with E-state index >= 15 is 0 Å². The molecule has 3 aliphatic rings. The van der Waals surface area contributed by atoms with Gasteiger partial charge in [0.05, 0.1) is 25.3 Å². The van der Waals surface area contributed by atoms with Crippen LogP contribution in [0.25, 0.3) is 11.6 Å². The fourth-order valence-corrected chi connectivity index (χ4v) is 7.52. The molecule has 2 fully saturated rings. The number of ether oxygens (including phenoxy) is 3. The number of nitrogen functional groups attached to an aromatic ring is 1. The maximum Gasteiger partial charge on any atom is 0.322 e. The Labute approximate surface area is 257 Å². The normalized spacial score (nSPS) is 28.3. The van der Waals surface area contributed by atoms with E-state index in [1.54, 1.807) is 11.8 Å². The van der Waals surface area contributed by atoms with Crippen molar-refractivity contribution in [2.75, 3.05) is 57.6 Å². The summed E-state index contributed by atoms with van der Waals surface area (Å²) >= 11 is 1.37. The van der Waals surface area contributed by atoms with E-state index in [9.17, 15) is 14.8 Å². The zero-order chi connectivity index (χ0) is 31.2. The Morgan fingerprint density at radius 2 is 2.09 bits per heavy atom. The maximum absolute atomic E-state index is 14.1. The van der Waals surface area contributed by atoms with Crippen molar-refractivity contribution >= 4 is 22.3 Å². The summed E-state index contributed by atoms with van der Waals surface area (Å²) in [6, 6.07) is 2.04. The lowest BCUT2D eigenvalue weighted by molar-refractivity contribution is -0.0178. The summed E-state index contributed by atoms with van der Waals surface area (Å²) in [6.07, 6.45) is 0.988. The van der Waals surface area contributed by atoms with Crippen LogP contribution in [0, 0.1) is 11.3 Å². The number of nitriles is 1. The van der Waals surface area contributed by atoms with Crippen LogP contribution >= 0.6 is 11.3 Å². The molecule has 5 atom stereocenters. The predicted octanol–water partition coefficient (Wildman–Crippen LogP) is 2.06. The van der Waals surface area contributed by atoms with E-state index in [-0.39, 0.29) is 48.7 Å². The Bertz CT molecular complexity index is 1560. The highest BCUT2D eigenvalue weighted by Gasteiger charge is 2.47. The molecule has 0 amide bonds. The van der Waals surface area contributed by atoms with Crippen molar-refractivity contribution in [3.05, 3.63) is 21.9 Å². The van der Waals surface area contributed by atoms with Gasteiger partial charge in [-0.1, -0.05) is 5.16 Å². The monoisotopic (exact) mass is 629 g/mol. The summed E-state index contributed by atoms with van der Waals surface area (Å²) in [5.74, 6) is 0.519. The highest BCUT2D eigenvalue weighted by molar-refractivity contribution is 7.16. The number of nitrogens with zero attached hydrogens (tertiary/aromatic N) is 8. The first kappa shape index (κ1) is 30.5. The molecule has 236 valence electrons. The van der Waals surface area contributed by atoms with Crippen LogP contribution < -0.4 is 15.4 Å². The Balaban J connectivity index is 1.39. The van der Waals surface area contributed by atoms with Gasteiger partial charge in [-0.3, -0.25) is 4.90 Å². The quantitative estimate of drug-likeness (QED) is 0.387. The highest BCUT2D eigenvalue weighted by Crippen LogP contribution is 2.49. The summed E-state index contributed by atoms with van der Waals surface area (Å²) in [5.41, 5.74) is 4.88. The molecule has 3 aromatic rings. The Hall–Kier alpha value is -3.49. The van der Waals surface area contributed by atoms with Crippen LogP contribution in [-0.2, 0) is 21.5 Å². The van der Waals surface area contributed by atoms with E-state index in [1.807, 2.05) is 18.9 Å². The summed E-state index contributed by atoms with van der Waals surface area (Å²) in [6.45, 7) is 4.97. The van der Waals surface area contributed by atoms with E-state index in [2.05, 4.69) is 31.2 Å². The van der Waals surface area contributed by atoms with Crippen LogP contribution in [-0.4, -0.2) is 106 Å². The van der Waals surface area contributed by atoms with Gasteiger partial charge in [0.2, 0.25) is 17.6 Å². The smallest absolute Gasteiger partial charge is 0.322 e. The molecule has 16 heteroatoms. The number of likely N-dealkylation sites (tertiary alicyclic amines) is 1. The first-order valence-corrected chi connectivity index (χ1v) is 15.4. The summed E-state index contributed by atoms with van der Waals surface area (Å²) < 4.78 is 37.7. The van der Waals surface area contributed by atoms with Crippen molar-refractivity contribution in [1.29, 1.82) is 5.26 Å². The number of aliphatic hydroxyl groups is 1. The van der Waals surface area contributed by atoms with E-state index in [4.69, 9.17) is 24.5 Å². The van der Waals surface area contributed by atoms with Crippen molar-refractivity contribution in [2.45, 2.75) is 69.1 Å². The molecule has 0 bridgehead atoms. The standard InChI is InChI=1S/C28H36FN9O5S/c1-15(18-10-16(29)12-37(18)3)42-26-34-22(33-25(35-26)38-8-9-41-14-27(2,39)13-38)23-32-24(43-36-23)28(40-4)7-5-6-19-20(28)17(11-30)21(31)44-19/h15-16,18,39H,5-10,12-14,31H2,1-4H3/t15-,16+,18-,27-,28+/m0/s1. The molecule has 1 aliphatic carbocycles. The Kier molecular flexibility index (Phi) is 8.18. The molecule has 0 saturated carbocycles.